The predicted octanol–water partition coefficient (Wildman–Crippen LogP) is 2.96. The lowest BCUT2D eigenvalue weighted by molar-refractivity contribution is 0.727. The molecule has 4 heteroatoms. The van der Waals surface area contributed by atoms with Crippen molar-refractivity contribution in [3.63, 3.8) is 0 Å². The second-order valence-corrected chi connectivity index (χ2v) is 3.49. The molecule has 0 rings (SSSR count). The van der Waals surface area contributed by atoms with E-state index >= 15 is 0 Å². The molecule has 0 saturated carbocycles. The standard InChI is InChI=1S/C6H11Cl2NS/c1-3-5(4-7)9-6(8)10-2/h5H,3-4H2,1-2H3. The van der Waals surface area contributed by atoms with E-state index in [0.717, 1.165) is 6.42 Å². The first-order chi connectivity index (χ1) is 4.74. The lowest BCUT2D eigenvalue weighted by Gasteiger charge is -2.03. The summed E-state index contributed by atoms with van der Waals surface area (Å²) in [6.45, 7) is 2.04. The lowest BCUT2D eigenvalue weighted by Crippen LogP contribution is -2.05. The molecule has 0 amide bonds. The third kappa shape index (κ3) is 4.42. The largest absolute Gasteiger partial charge is 0.263 e. The van der Waals surface area contributed by atoms with Crippen LogP contribution >= 0.6 is 35.0 Å². The highest BCUT2D eigenvalue weighted by Crippen LogP contribution is 2.08. The van der Waals surface area contributed by atoms with Crippen LogP contribution in [0.15, 0.2) is 4.99 Å². The minimum absolute atomic E-state index is 0.182. The molecular formula is C6H11Cl2NS. The third-order valence-corrected chi connectivity index (χ3v) is 2.46. The molecule has 0 aliphatic carbocycles. The number of alkyl halides is 1. The first-order valence-electron chi connectivity index (χ1n) is 3.07. The van der Waals surface area contributed by atoms with Gasteiger partial charge in [-0.25, -0.2) is 0 Å². The summed E-state index contributed by atoms with van der Waals surface area (Å²) >= 11 is 12.7. The molecule has 0 fully saturated rings. The summed E-state index contributed by atoms with van der Waals surface area (Å²) in [5, 5.41) is 0. The van der Waals surface area contributed by atoms with Crippen LogP contribution in [0.2, 0.25) is 0 Å². The predicted molar refractivity (Wildman–Crippen MR) is 51.6 cm³/mol. The molecule has 0 spiro atoms. The Morgan fingerprint density at radius 2 is 2.30 bits per heavy atom. The van der Waals surface area contributed by atoms with Crippen molar-refractivity contribution in [3.05, 3.63) is 0 Å². The molecule has 0 aromatic rings. The Morgan fingerprint density at radius 3 is 2.60 bits per heavy atom. The van der Waals surface area contributed by atoms with Gasteiger partial charge in [0.1, 0.15) is 0 Å². The van der Waals surface area contributed by atoms with Crippen LogP contribution in [0.1, 0.15) is 13.3 Å². The van der Waals surface area contributed by atoms with E-state index in [1.54, 1.807) is 0 Å². The van der Waals surface area contributed by atoms with E-state index in [0.29, 0.717) is 10.4 Å². The molecule has 1 unspecified atom stereocenters. The molecule has 0 bridgehead atoms. The van der Waals surface area contributed by atoms with Crippen LogP contribution in [0.3, 0.4) is 0 Å². The monoisotopic (exact) mass is 199 g/mol. The second-order valence-electron chi connectivity index (χ2n) is 1.80. The van der Waals surface area contributed by atoms with Crippen molar-refractivity contribution in [2.45, 2.75) is 19.4 Å². The first-order valence-corrected chi connectivity index (χ1v) is 5.21. The highest BCUT2D eigenvalue weighted by Gasteiger charge is 2.01. The molecule has 0 aromatic heterocycles. The SMILES string of the molecule is CCC(CCl)N=C(Cl)SC. The Hall–Kier alpha value is 0.600. The number of aliphatic imine (C=N–C) groups is 1. The summed E-state index contributed by atoms with van der Waals surface area (Å²) in [5.41, 5.74) is 0. The van der Waals surface area contributed by atoms with Gasteiger partial charge in [0, 0.05) is 5.88 Å². The maximum absolute atomic E-state index is 5.67. The minimum atomic E-state index is 0.182. The van der Waals surface area contributed by atoms with Gasteiger partial charge in [0.05, 0.1) is 6.04 Å². The summed E-state index contributed by atoms with van der Waals surface area (Å²) < 4.78 is 0.590. The van der Waals surface area contributed by atoms with Crippen molar-refractivity contribution in [2.75, 3.05) is 12.1 Å². The number of hydrogen-bond acceptors (Lipinski definition) is 2. The Bertz CT molecular complexity index is 112. The molecule has 0 aromatic carbocycles. The van der Waals surface area contributed by atoms with Gasteiger partial charge in [-0.1, -0.05) is 30.3 Å². The van der Waals surface area contributed by atoms with Crippen molar-refractivity contribution >= 4 is 39.5 Å². The average Bonchev–Trinajstić information content (AvgIpc) is 1.99. The minimum Gasteiger partial charge on any atom is -0.263 e. The van der Waals surface area contributed by atoms with Crippen LogP contribution in [-0.2, 0) is 0 Å². The highest BCUT2D eigenvalue weighted by molar-refractivity contribution is 8.16. The van der Waals surface area contributed by atoms with Gasteiger partial charge in [-0.2, -0.15) is 0 Å². The van der Waals surface area contributed by atoms with Gasteiger partial charge in [-0.15, -0.1) is 11.6 Å². The fourth-order valence-corrected chi connectivity index (χ4v) is 1.11. The van der Waals surface area contributed by atoms with Gasteiger partial charge < -0.3 is 0 Å². The molecule has 60 valence electrons. The van der Waals surface area contributed by atoms with Crippen LogP contribution in [0.25, 0.3) is 0 Å². The molecule has 0 radical (unpaired) electrons. The van der Waals surface area contributed by atoms with Gasteiger partial charge in [0.2, 0.25) is 0 Å². The van der Waals surface area contributed by atoms with E-state index in [9.17, 15) is 0 Å². The van der Waals surface area contributed by atoms with Crippen molar-refractivity contribution in [1.29, 1.82) is 0 Å². The maximum Gasteiger partial charge on any atom is 0.158 e. The average molecular weight is 200 g/mol. The fraction of sp³-hybridized carbons (Fsp3) is 0.833. The normalized spacial score (nSPS) is 15.4. The molecule has 0 saturated heterocycles. The number of hydrogen-bond donors (Lipinski definition) is 0. The van der Waals surface area contributed by atoms with Crippen LogP contribution in [0.5, 0.6) is 0 Å². The van der Waals surface area contributed by atoms with Crippen LogP contribution in [0, 0.1) is 0 Å². The Morgan fingerprint density at radius 1 is 1.70 bits per heavy atom. The zero-order valence-electron chi connectivity index (χ0n) is 6.10. The van der Waals surface area contributed by atoms with Gasteiger partial charge in [-0.05, 0) is 12.7 Å². The van der Waals surface area contributed by atoms with Gasteiger partial charge in [0.25, 0.3) is 0 Å². The summed E-state index contributed by atoms with van der Waals surface area (Å²) in [6, 6.07) is 0.182. The fourth-order valence-electron chi connectivity index (χ4n) is 0.431. The molecule has 0 N–H and O–H groups in total. The quantitative estimate of drug-likeness (QED) is 0.387. The number of rotatable bonds is 3. The summed E-state index contributed by atoms with van der Waals surface area (Å²) in [4.78, 5) is 4.15. The summed E-state index contributed by atoms with van der Waals surface area (Å²) in [7, 11) is 0. The molecule has 1 nitrogen and oxygen atoms in total. The van der Waals surface area contributed by atoms with E-state index in [2.05, 4.69) is 4.99 Å². The van der Waals surface area contributed by atoms with Crippen LogP contribution in [0.4, 0.5) is 0 Å². The first kappa shape index (κ1) is 10.6. The molecule has 0 heterocycles. The summed E-state index contributed by atoms with van der Waals surface area (Å²) in [5.74, 6) is 0.549. The molecule has 1 atom stereocenters. The van der Waals surface area contributed by atoms with E-state index in [1.165, 1.54) is 11.8 Å². The zero-order valence-corrected chi connectivity index (χ0v) is 8.43. The van der Waals surface area contributed by atoms with Gasteiger partial charge in [0.15, 0.2) is 4.50 Å². The highest BCUT2D eigenvalue weighted by atomic mass is 35.5. The van der Waals surface area contributed by atoms with Crippen LogP contribution < -0.4 is 0 Å². The Balaban J connectivity index is 3.80. The second kappa shape index (κ2) is 6.32. The van der Waals surface area contributed by atoms with Gasteiger partial charge >= 0.3 is 0 Å². The zero-order chi connectivity index (χ0) is 7.98. The number of thioether (sulfide) groups is 1. The van der Waals surface area contributed by atoms with E-state index in [4.69, 9.17) is 23.2 Å². The topological polar surface area (TPSA) is 12.4 Å². The smallest absolute Gasteiger partial charge is 0.158 e. The Kier molecular flexibility index (Phi) is 6.70. The van der Waals surface area contributed by atoms with E-state index < -0.39 is 0 Å². The number of nitrogens with zero attached hydrogens (tertiary/aromatic N) is 1. The number of halogens is 2. The summed E-state index contributed by atoms with van der Waals surface area (Å²) in [6.07, 6.45) is 2.84. The molecule has 10 heavy (non-hydrogen) atoms. The molecule has 0 aliphatic rings. The van der Waals surface area contributed by atoms with Crippen molar-refractivity contribution in [1.82, 2.24) is 0 Å². The molecular weight excluding hydrogens is 189 g/mol. The van der Waals surface area contributed by atoms with Crippen molar-refractivity contribution in [2.24, 2.45) is 4.99 Å². The lowest BCUT2D eigenvalue weighted by atomic mass is 10.3. The van der Waals surface area contributed by atoms with E-state index in [1.807, 2.05) is 13.2 Å². The Labute approximate surface area is 76.2 Å². The maximum atomic E-state index is 5.67. The van der Waals surface area contributed by atoms with Crippen LogP contribution in [-0.4, -0.2) is 22.7 Å². The third-order valence-electron chi connectivity index (χ3n) is 1.10. The molecule has 0 aliphatic heterocycles. The van der Waals surface area contributed by atoms with Crippen molar-refractivity contribution in [3.8, 4) is 0 Å². The van der Waals surface area contributed by atoms with Gasteiger partial charge in [-0.3, -0.25) is 4.99 Å². The van der Waals surface area contributed by atoms with Crippen molar-refractivity contribution < 1.29 is 0 Å². The van der Waals surface area contributed by atoms with E-state index in [-0.39, 0.29) is 6.04 Å².